The van der Waals surface area contributed by atoms with Gasteiger partial charge >= 0.3 is 12.1 Å². The lowest BCUT2D eigenvalue weighted by Crippen LogP contribution is -2.67. The largest absolute Gasteiger partial charge is 0.459 e. The molecule has 9 heteroatoms. The number of rotatable bonds is 10. The lowest BCUT2D eigenvalue weighted by atomic mass is 9.89. The third-order valence-corrected chi connectivity index (χ3v) is 9.10. The number of benzene rings is 2. The molecule has 42 heavy (non-hydrogen) atoms. The Morgan fingerprint density at radius 2 is 0.905 bits per heavy atom. The molecule has 0 radical (unpaired) electrons. The second-order valence-electron chi connectivity index (χ2n) is 12.0. The van der Waals surface area contributed by atoms with Crippen LogP contribution in [0.5, 0.6) is 0 Å². The van der Waals surface area contributed by atoms with Crippen LogP contribution >= 0.6 is 0 Å². The Bertz CT molecular complexity index is 1250. The summed E-state index contributed by atoms with van der Waals surface area (Å²) >= 11 is 0. The lowest BCUT2D eigenvalue weighted by molar-refractivity contribution is -0.156. The summed E-state index contributed by atoms with van der Waals surface area (Å²) in [5.74, 6) is -1.17. The van der Waals surface area contributed by atoms with Crippen molar-refractivity contribution in [1.82, 2.24) is 16.0 Å². The summed E-state index contributed by atoms with van der Waals surface area (Å²) in [6, 6.07) is 18.8. The molecule has 3 fully saturated rings. The van der Waals surface area contributed by atoms with E-state index in [1.54, 1.807) is 0 Å². The molecule has 2 aromatic rings. The first-order valence-electron chi connectivity index (χ1n) is 15.2. The Labute approximate surface area is 247 Å². The lowest BCUT2D eigenvalue weighted by Gasteiger charge is -2.38. The normalized spacial score (nSPS) is 19.9. The molecule has 5 rings (SSSR count). The van der Waals surface area contributed by atoms with Crippen LogP contribution in [0.15, 0.2) is 60.7 Å². The quantitative estimate of drug-likeness (QED) is 0.349. The molecule has 0 bridgehead atoms. The van der Waals surface area contributed by atoms with Gasteiger partial charge in [-0.15, -0.1) is 0 Å². The maximum Gasteiger partial charge on any atom is 0.408 e. The first-order chi connectivity index (χ1) is 20.3. The average molecular weight is 576 g/mol. The Balaban J connectivity index is 1.26. The van der Waals surface area contributed by atoms with E-state index in [2.05, 4.69) is 16.0 Å². The molecule has 0 unspecified atom stereocenters. The van der Waals surface area contributed by atoms with Crippen molar-refractivity contribution in [2.45, 2.75) is 107 Å². The van der Waals surface area contributed by atoms with Crippen molar-refractivity contribution in [3.05, 3.63) is 71.8 Å². The van der Waals surface area contributed by atoms with Crippen LogP contribution in [0.3, 0.4) is 0 Å². The molecule has 0 aromatic heterocycles. The van der Waals surface area contributed by atoms with Gasteiger partial charge < -0.3 is 25.4 Å². The zero-order chi connectivity index (χ0) is 29.5. The van der Waals surface area contributed by atoms with Crippen molar-refractivity contribution in [2.75, 3.05) is 0 Å². The molecule has 0 aliphatic heterocycles. The van der Waals surface area contributed by atoms with Gasteiger partial charge in [0.25, 0.3) is 0 Å². The molecule has 3 amide bonds. The number of carbonyl (C=O) groups is 4. The summed E-state index contributed by atoms with van der Waals surface area (Å²) in [6.45, 7) is 0.229. The smallest absolute Gasteiger partial charge is 0.408 e. The van der Waals surface area contributed by atoms with Crippen LogP contribution in [0.2, 0.25) is 0 Å². The van der Waals surface area contributed by atoms with Gasteiger partial charge in [-0.3, -0.25) is 9.59 Å². The van der Waals surface area contributed by atoms with E-state index in [9.17, 15) is 19.2 Å². The van der Waals surface area contributed by atoms with Crippen molar-refractivity contribution < 1.29 is 28.7 Å². The van der Waals surface area contributed by atoms with Crippen LogP contribution in [0.4, 0.5) is 4.79 Å². The number of esters is 1. The maximum absolute atomic E-state index is 14.0. The molecule has 3 N–H and O–H groups in total. The Hall–Kier alpha value is -3.88. The van der Waals surface area contributed by atoms with Crippen LogP contribution < -0.4 is 16.0 Å². The molecule has 0 atom stereocenters. The molecular formula is C33H41N3O6. The van der Waals surface area contributed by atoms with E-state index in [1.807, 2.05) is 60.7 Å². The monoisotopic (exact) mass is 575 g/mol. The molecule has 0 saturated heterocycles. The van der Waals surface area contributed by atoms with Gasteiger partial charge in [0, 0.05) is 0 Å². The summed E-state index contributed by atoms with van der Waals surface area (Å²) in [7, 11) is 0. The Kier molecular flexibility index (Phi) is 9.14. The van der Waals surface area contributed by atoms with Gasteiger partial charge in [0.05, 0.1) is 0 Å². The van der Waals surface area contributed by atoms with Crippen molar-refractivity contribution in [3.8, 4) is 0 Å². The molecule has 9 nitrogen and oxygen atoms in total. The van der Waals surface area contributed by atoms with Gasteiger partial charge in [0.1, 0.15) is 29.8 Å². The van der Waals surface area contributed by atoms with Gasteiger partial charge in [-0.1, -0.05) is 99.2 Å². The number of amides is 3. The van der Waals surface area contributed by atoms with Crippen LogP contribution in [-0.4, -0.2) is 40.5 Å². The predicted octanol–water partition coefficient (Wildman–Crippen LogP) is 4.83. The Morgan fingerprint density at radius 1 is 0.524 bits per heavy atom. The number of ether oxygens (including phenoxy) is 2. The topological polar surface area (TPSA) is 123 Å². The van der Waals surface area contributed by atoms with E-state index in [-0.39, 0.29) is 25.0 Å². The molecule has 3 aliphatic rings. The van der Waals surface area contributed by atoms with E-state index < -0.39 is 28.7 Å². The number of nitrogens with one attached hydrogen (secondary N) is 3. The van der Waals surface area contributed by atoms with Crippen molar-refractivity contribution >= 4 is 23.9 Å². The van der Waals surface area contributed by atoms with Gasteiger partial charge in [0.15, 0.2) is 0 Å². The van der Waals surface area contributed by atoms with Crippen LogP contribution in [-0.2, 0) is 37.1 Å². The van der Waals surface area contributed by atoms with Crippen molar-refractivity contribution in [2.24, 2.45) is 0 Å². The zero-order valence-corrected chi connectivity index (χ0v) is 24.1. The summed E-state index contributed by atoms with van der Waals surface area (Å²) in [5, 5.41) is 8.97. The number of hydrogen-bond donors (Lipinski definition) is 3. The minimum absolute atomic E-state index is 0.0964. The first kappa shape index (κ1) is 29.6. The van der Waals surface area contributed by atoms with Crippen LogP contribution in [0.25, 0.3) is 0 Å². The fourth-order valence-corrected chi connectivity index (χ4v) is 6.62. The maximum atomic E-state index is 14.0. The highest BCUT2D eigenvalue weighted by atomic mass is 16.5. The minimum atomic E-state index is -1.16. The highest BCUT2D eigenvalue weighted by molar-refractivity contribution is 5.98. The molecule has 224 valence electrons. The third-order valence-electron chi connectivity index (χ3n) is 9.10. The summed E-state index contributed by atoms with van der Waals surface area (Å²) in [6.07, 6.45) is 6.91. The fourth-order valence-electron chi connectivity index (χ4n) is 6.62. The van der Waals surface area contributed by atoms with E-state index in [4.69, 9.17) is 9.47 Å². The first-order valence-corrected chi connectivity index (χ1v) is 15.2. The second-order valence-corrected chi connectivity index (χ2v) is 12.0. The van der Waals surface area contributed by atoms with Crippen LogP contribution in [0, 0.1) is 0 Å². The molecular weight excluding hydrogens is 534 g/mol. The van der Waals surface area contributed by atoms with Gasteiger partial charge in [0.2, 0.25) is 11.8 Å². The Morgan fingerprint density at radius 3 is 1.38 bits per heavy atom. The van der Waals surface area contributed by atoms with E-state index in [1.165, 1.54) is 0 Å². The summed E-state index contributed by atoms with van der Waals surface area (Å²) < 4.78 is 11.1. The van der Waals surface area contributed by atoms with Gasteiger partial charge in [-0.2, -0.15) is 0 Å². The number of alkyl carbamates (subject to hydrolysis) is 1. The van der Waals surface area contributed by atoms with Gasteiger partial charge in [-0.05, 0) is 49.7 Å². The molecule has 3 saturated carbocycles. The molecule has 0 spiro atoms. The molecule has 3 aliphatic carbocycles. The SMILES string of the molecule is O=C(NC1(C(=O)NC2(C(=O)NC3(C(=O)OCc4ccccc4)CCCC3)CCCC2)CCCC1)OCc1ccccc1. The summed E-state index contributed by atoms with van der Waals surface area (Å²) in [5.41, 5.74) is -1.69. The number of carbonyl (C=O) groups excluding carboxylic acids is 4. The highest BCUT2D eigenvalue weighted by Crippen LogP contribution is 2.37. The van der Waals surface area contributed by atoms with Crippen molar-refractivity contribution in [3.63, 3.8) is 0 Å². The van der Waals surface area contributed by atoms with E-state index >= 15 is 0 Å². The third kappa shape index (κ3) is 6.61. The standard InChI is InChI=1S/C33H41N3O6/c37-27(35-33(21-11-12-22-33)29(39)41-23-25-13-3-1-4-14-25)31(17-7-8-18-31)34-28(38)32(19-9-10-20-32)36-30(40)42-24-26-15-5-2-6-16-26/h1-6,13-16H,7-12,17-24H2,(H,34,38)(H,35,37)(H,36,40). The van der Waals surface area contributed by atoms with Crippen LogP contribution in [0.1, 0.15) is 88.2 Å². The fraction of sp³-hybridized carbons (Fsp3) is 0.515. The minimum Gasteiger partial charge on any atom is -0.459 e. The highest BCUT2D eigenvalue weighted by Gasteiger charge is 2.52. The van der Waals surface area contributed by atoms with Gasteiger partial charge in [-0.25, -0.2) is 9.59 Å². The number of hydrogen-bond acceptors (Lipinski definition) is 6. The van der Waals surface area contributed by atoms with E-state index in [0.29, 0.717) is 38.5 Å². The average Bonchev–Trinajstić information content (AvgIpc) is 3.79. The summed E-state index contributed by atoms with van der Waals surface area (Å²) in [4.78, 5) is 54.1. The molecule has 0 heterocycles. The van der Waals surface area contributed by atoms with E-state index in [0.717, 1.165) is 49.7 Å². The molecule has 2 aromatic carbocycles. The zero-order valence-electron chi connectivity index (χ0n) is 24.1. The predicted molar refractivity (Wildman–Crippen MR) is 156 cm³/mol. The van der Waals surface area contributed by atoms with Crippen molar-refractivity contribution in [1.29, 1.82) is 0 Å². The second kappa shape index (κ2) is 13.0.